The number of ketones is 2. The monoisotopic (exact) mass is 576 g/mol. The van der Waals surface area contributed by atoms with Gasteiger partial charge in [-0.25, -0.2) is 0 Å². The summed E-state index contributed by atoms with van der Waals surface area (Å²) in [6.07, 6.45) is 8.66. The first-order valence-corrected chi connectivity index (χ1v) is 16.0. The molecule has 0 saturated heterocycles. The van der Waals surface area contributed by atoms with E-state index in [2.05, 4.69) is 59.9 Å². The second-order valence-electron chi connectivity index (χ2n) is 17.7. The topological polar surface area (TPSA) is 107 Å². The Balaban J connectivity index is 1.63. The Morgan fingerprint density at radius 3 is 2.21 bits per heavy atom. The van der Waals surface area contributed by atoms with Gasteiger partial charge in [-0.1, -0.05) is 75.3 Å². The minimum Gasteiger partial charge on any atom is -0.381 e. The molecule has 0 aromatic heterocycles. The highest BCUT2D eigenvalue weighted by Crippen LogP contribution is 2.75. The quantitative estimate of drug-likeness (QED) is 0.391. The van der Waals surface area contributed by atoms with Crippen molar-refractivity contribution in [2.45, 2.75) is 120 Å². The molecular formula is C36H52N2O4. The number of nitriles is 1. The van der Waals surface area contributed by atoms with E-state index in [-0.39, 0.29) is 45.7 Å². The number of hydrogen-bond donors (Lipinski definition) is 2. The zero-order valence-electron chi connectivity index (χ0n) is 27.6. The van der Waals surface area contributed by atoms with Crippen LogP contribution in [0.4, 0.5) is 0 Å². The molecule has 0 unspecified atom stereocenters. The van der Waals surface area contributed by atoms with Crippen LogP contribution in [0.1, 0.15) is 114 Å². The lowest BCUT2D eigenvalue weighted by molar-refractivity contribution is -0.242. The molecule has 0 aliphatic heterocycles. The second-order valence-corrected chi connectivity index (χ2v) is 17.7. The zero-order valence-corrected chi connectivity index (χ0v) is 27.6. The Bertz CT molecular complexity index is 1360. The van der Waals surface area contributed by atoms with Crippen molar-refractivity contribution in [3.63, 3.8) is 0 Å². The highest BCUT2D eigenvalue weighted by molar-refractivity contribution is 6.05. The molecule has 0 bridgehead atoms. The molecule has 1 amide bonds. The van der Waals surface area contributed by atoms with E-state index in [1.165, 1.54) is 0 Å². The minimum atomic E-state index is -1.62. The van der Waals surface area contributed by atoms with Crippen molar-refractivity contribution in [1.82, 2.24) is 5.32 Å². The van der Waals surface area contributed by atoms with Crippen LogP contribution in [0.5, 0.6) is 0 Å². The van der Waals surface area contributed by atoms with Crippen molar-refractivity contribution >= 4 is 17.5 Å². The van der Waals surface area contributed by atoms with Crippen molar-refractivity contribution in [1.29, 1.82) is 5.26 Å². The minimum absolute atomic E-state index is 0.0114. The third kappa shape index (κ3) is 3.80. The summed E-state index contributed by atoms with van der Waals surface area (Å²) in [5.74, 6) is -0.783. The van der Waals surface area contributed by atoms with E-state index < -0.39 is 32.7 Å². The molecule has 8 atom stereocenters. The summed E-state index contributed by atoms with van der Waals surface area (Å²) in [7, 11) is 0. The van der Waals surface area contributed by atoms with E-state index in [1.54, 1.807) is 6.08 Å². The van der Waals surface area contributed by atoms with Gasteiger partial charge in [0.05, 0.1) is 5.57 Å². The average Bonchev–Trinajstić information content (AvgIpc) is 2.89. The van der Waals surface area contributed by atoms with Crippen LogP contribution in [0.15, 0.2) is 23.3 Å². The SMILES string of the molecule is CC(C)(C)CNC(=O)[C@@]1(C)CC[C@]2(C)CC[C@@]3(C)[C@]4(C)CC[C@H]5C(C)(C)C(=O)C(C#N)=C[C@]5(C)C4=CC(=O)[C@]3(O)[C@@H]2C1. The summed E-state index contributed by atoms with van der Waals surface area (Å²) in [4.78, 5) is 41.5. The van der Waals surface area contributed by atoms with Crippen LogP contribution in [-0.2, 0) is 14.4 Å². The fraction of sp³-hybridized carbons (Fsp3) is 0.778. The summed E-state index contributed by atoms with van der Waals surface area (Å²) < 4.78 is 0. The lowest BCUT2D eigenvalue weighted by Crippen LogP contribution is -2.74. The van der Waals surface area contributed by atoms with E-state index in [0.717, 1.165) is 37.7 Å². The van der Waals surface area contributed by atoms with E-state index in [4.69, 9.17) is 0 Å². The number of rotatable bonds is 2. The summed E-state index contributed by atoms with van der Waals surface area (Å²) >= 11 is 0. The predicted octanol–water partition coefficient (Wildman–Crippen LogP) is 6.48. The average molecular weight is 577 g/mol. The van der Waals surface area contributed by atoms with Crippen LogP contribution in [0, 0.1) is 61.1 Å². The molecule has 0 aromatic rings. The van der Waals surface area contributed by atoms with Gasteiger partial charge in [0, 0.05) is 34.1 Å². The fourth-order valence-electron chi connectivity index (χ4n) is 10.5. The third-order valence-corrected chi connectivity index (χ3v) is 13.6. The maximum atomic E-state index is 14.6. The van der Waals surface area contributed by atoms with Crippen LogP contribution in [0.2, 0.25) is 0 Å². The standard InChI is InChI=1S/C36H52N2O4/c1-29(2,3)21-38-28(41)32(7)14-13-31(6)15-16-35(10)34(9)12-11-23-30(4,5)27(40)22(20-37)18-33(23,8)24(34)17-26(39)36(35,42)25(31)19-32/h17-18,23,25,42H,11-16,19,21H2,1-10H3,(H,38,41)/t23-,25+,31+,32-,33-,34+,35-,36+/m0/s1. The summed E-state index contributed by atoms with van der Waals surface area (Å²) in [6, 6.07) is 2.15. The van der Waals surface area contributed by atoms with Crippen molar-refractivity contribution < 1.29 is 19.5 Å². The highest BCUT2D eigenvalue weighted by atomic mass is 16.3. The Morgan fingerprint density at radius 2 is 1.62 bits per heavy atom. The van der Waals surface area contributed by atoms with Gasteiger partial charge in [0.1, 0.15) is 11.7 Å². The molecule has 42 heavy (non-hydrogen) atoms. The van der Waals surface area contributed by atoms with Crippen LogP contribution in [0.25, 0.3) is 0 Å². The van der Waals surface area contributed by atoms with Gasteiger partial charge in [-0.05, 0) is 78.8 Å². The van der Waals surface area contributed by atoms with Crippen molar-refractivity contribution in [3.05, 3.63) is 23.3 Å². The van der Waals surface area contributed by atoms with Gasteiger partial charge in [0.25, 0.3) is 0 Å². The maximum absolute atomic E-state index is 14.6. The summed E-state index contributed by atoms with van der Waals surface area (Å²) in [6.45, 7) is 21.4. The lowest BCUT2D eigenvalue weighted by atomic mass is 9.33. The third-order valence-electron chi connectivity index (χ3n) is 13.6. The van der Waals surface area contributed by atoms with E-state index in [0.29, 0.717) is 19.4 Å². The van der Waals surface area contributed by atoms with Gasteiger partial charge in [0.15, 0.2) is 11.6 Å². The number of fused-ring (bicyclic) bond motifs is 7. The molecule has 5 rings (SSSR count). The molecule has 0 aromatic carbocycles. The molecule has 5 aliphatic rings. The number of amides is 1. The molecular weight excluding hydrogens is 524 g/mol. The number of Topliss-reactive ketones (excluding diaryl/α,β-unsaturated/α-hetero) is 1. The van der Waals surface area contributed by atoms with Crippen LogP contribution in [-0.4, -0.2) is 34.7 Å². The molecule has 6 heteroatoms. The normalized spacial score (nSPS) is 46.1. The summed E-state index contributed by atoms with van der Waals surface area (Å²) in [5, 5.41) is 26.1. The molecule has 3 fully saturated rings. The Kier molecular flexibility index (Phi) is 6.61. The van der Waals surface area contributed by atoms with Gasteiger partial charge in [-0.3, -0.25) is 14.4 Å². The summed E-state index contributed by atoms with van der Waals surface area (Å²) in [5.41, 5.74) is -4.10. The molecule has 6 nitrogen and oxygen atoms in total. The smallest absolute Gasteiger partial charge is 0.225 e. The number of nitrogens with zero attached hydrogens (tertiary/aromatic N) is 1. The lowest BCUT2D eigenvalue weighted by Gasteiger charge is -2.71. The van der Waals surface area contributed by atoms with Crippen molar-refractivity contribution in [2.75, 3.05) is 6.54 Å². The van der Waals surface area contributed by atoms with Crippen LogP contribution in [0.3, 0.4) is 0 Å². The van der Waals surface area contributed by atoms with E-state index in [1.807, 2.05) is 26.8 Å². The Hall–Kier alpha value is -2.26. The van der Waals surface area contributed by atoms with E-state index >= 15 is 0 Å². The highest BCUT2D eigenvalue weighted by Gasteiger charge is 2.75. The van der Waals surface area contributed by atoms with Crippen LogP contribution < -0.4 is 5.32 Å². The molecule has 0 heterocycles. The first kappa shape index (κ1) is 31.2. The molecule has 5 aliphatic carbocycles. The number of carbonyl (C=O) groups excluding carboxylic acids is 3. The van der Waals surface area contributed by atoms with Gasteiger partial charge in [-0.2, -0.15) is 5.26 Å². The van der Waals surface area contributed by atoms with Gasteiger partial charge < -0.3 is 10.4 Å². The molecule has 2 N–H and O–H groups in total. The number of nitrogens with one attached hydrogen (secondary N) is 1. The number of aliphatic hydroxyl groups is 1. The number of allylic oxidation sites excluding steroid dienone is 3. The van der Waals surface area contributed by atoms with Crippen LogP contribution >= 0.6 is 0 Å². The maximum Gasteiger partial charge on any atom is 0.225 e. The second kappa shape index (κ2) is 8.90. The van der Waals surface area contributed by atoms with E-state index in [9.17, 15) is 24.8 Å². The predicted molar refractivity (Wildman–Crippen MR) is 163 cm³/mol. The zero-order chi connectivity index (χ0) is 31.5. The van der Waals surface area contributed by atoms with Gasteiger partial charge >= 0.3 is 0 Å². The first-order chi connectivity index (χ1) is 19.1. The fourth-order valence-corrected chi connectivity index (χ4v) is 10.5. The van der Waals surface area contributed by atoms with Crippen molar-refractivity contribution in [3.8, 4) is 6.07 Å². The largest absolute Gasteiger partial charge is 0.381 e. The molecule has 3 saturated carbocycles. The first-order valence-electron chi connectivity index (χ1n) is 16.0. The van der Waals surface area contributed by atoms with Gasteiger partial charge in [0.2, 0.25) is 5.91 Å². The Labute approximate surface area is 252 Å². The van der Waals surface area contributed by atoms with Gasteiger partial charge in [-0.15, -0.1) is 0 Å². The number of carbonyl (C=O) groups is 3. The van der Waals surface area contributed by atoms with Crippen molar-refractivity contribution in [2.24, 2.45) is 49.7 Å². The Morgan fingerprint density at radius 1 is 1.00 bits per heavy atom. The molecule has 230 valence electrons. The number of hydrogen-bond acceptors (Lipinski definition) is 5. The molecule has 0 spiro atoms. The molecule has 0 radical (unpaired) electrons.